The molecule has 1 aromatic carbocycles. The first-order valence-corrected chi connectivity index (χ1v) is 10.8. The second-order valence-corrected chi connectivity index (χ2v) is 9.01. The summed E-state index contributed by atoms with van der Waals surface area (Å²) in [6.45, 7) is 5.20. The molecule has 0 unspecified atom stereocenters. The zero-order chi connectivity index (χ0) is 18.7. The van der Waals surface area contributed by atoms with Gasteiger partial charge in [-0.2, -0.15) is 4.31 Å². The normalized spacial score (nSPS) is 16.5. The molecular weight excluding hydrogens is 396 g/mol. The van der Waals surface area contributed by atoms with Gasteiger partial charge in [-0.3, -0.25) is 10.1 Å². The van der Waals surface area contributed by atoms with Crippen molar-refractivity contribution in [3.05, 3.63) is 40.4 Å². The number of anilines is 1. The number of thiazole rings is 1. The first kappa shape index (κ1) is 19.2. The molecule has 0 spiro atoms. The molecule has 1 saturated heterocycles. The average molecular weight is 415 g/mol. The number of sulfonamides is 1. The van der Waals surface area contributed by atoms with Crippen LogP contribution in [0, 0.1) is 0 Å². The summed E-state index contributed by atoms with van der Waals surface area (Å²) in [6, 6.07) is 4.20. The van der Waals surface area contributed by atoms with Crippen molar-refractivity contribution in [3.8, 4) is 0 Å². The van der Waals surface area contributed by atoms with E-state index in [1.54, 1.807) is 11.6 Å². The Morgan fingerprint density at radius 3 is 2.65 bits per heavy atom. The highest BCUT2D eigenvalue weighted by Gasteiger charge is 2.29. The Kier molecular flexibility index (Phi) is 5.93. The third-order valence-corrected chi connectivity index (χ3v) is 7.16. The summed E-state index contributed by atoms with van der Waals surface area (Å²) >= 11 is 7.38. The van der Waals surface area contributed by atoms with Gasteiger partial charge >= 0.3 is 0 Å². The second kappa shape index (κ2) is 8.01. The van der Waals surface area contributed by atoms with Gasteiger partial charge in [0.25, 0.3) is 5.91 Å². The van der Waals surface area contributed by atoms with Crippen molar-refractivity contribution in [3.63, 3.8) is 0 Å². The first-order chi connectivity index (χ1) is 12.4. The molecule has 7 nitrogen and oxygen atoms in total. The fourth-order valence-electron chi connectivity index (χ4n) is 2.72. The SMILES string of the molecule is CCN1CCN(S(=O)(=O)c2ccc(Cl)c(C(=O)Nc3nccs3)c2)CC1. The number of carbonyl (C=O) groups is 1. The van der Waals surface area contributed by atoms with Crippen LogP contribution >= 0.6 is 22.9 Å². The van der Waals surface area contributed by atoms with Crippen LogP contribution < -0.4 is 5.32 Å². The summed E-state index contributed by atoms with van der Waals surface area (Å²) in [6.07, 6.45) is 1.57. The maximum atomic E-state index is 12.9. The van der Waals surface area contributed by atoms with Crippen molar-refractivity contribution in [1.29, 1.82) is 0 Å². The summed E-state index contributed by atoms with van der Waals surface area (Å²) in [4.78, 5) is 18.7. The van der Waals surface area contributed by atoms with Gasteiger partial charge < -0.3 is 4.90 Å². The van der Waals surface area contributed by atoms with E-state index in [4.69, 9.17) is 11.6 Å². The van der Waals surface area contributed by atoms with E-state index < -0.39 is 15.9 Å². The summed E-state index contributed by atoms with van der Waals surface area (Å²) < 4.78 is 27.3. The van der Waals surface area contributed by atoms with Gasteiger partial charge in [0, 0.05) is 37.8 Å². The standard InChI is InChI=1S/C16H19ClN4O3S2/c1-2-20-6-8-21(9-7-20)26(23,24)12-3-4-14(17)13(11-12)15(22)19-16-18-5-10-25-16/h3-5,10-11H,2,6-9H2,1H3,(H,18,19,22). The topological polar surface area (TPSA) is 82.6 Å². The molecule has 0 aliphatic carbocycles. The van der Waals surface area contributed by atoms with Gasteiger partial charge in [-0.15, -0.1) is 11.3 Å². The first-order valence-electron chi connectivity index (χ1n) is 8.14. The van der Waals surface area contributed by atoms with Crippen LogP contribution in [0.1, 0.15) is 17.3 Å². The minimum absolute atomic E-state index is 0.0659. The average Bonchev–Trinajstić information content (AvgIpc) is 3.14. The van der Waals surface area contributed by atoms with E-state index >= 15 is 0 Å². The lowest BCUT2D eigenvalue weighted by atomic mass is 10.2. The number of nitrogens with zero attached hydrogens (tertiary/aromatic N) is 3. The molecule has 1 aliphatic rings. The number of carbonyl (C=O) groups excluding carboxylic acids is 1. The van der Waals surface area contributed by atoms with Gasteiger partial charge in [-0.1, -0.05) is 18.5 Å². The quantitative estimate of drug-likeness (QED) is 0.812. The van der Waals surface area contributed by atoms with E-state index in [9.17, 15) is 13.2 Å². The highest BCUT2D eigenvalue weighted by Crippen LogP contribution is 2.25. The summed E-state index contributed by atoms with van der Waals surface area (Å²) in [5, 5.41) is 4.96. The Labute approximate surface area is 161 Å². The lowest BCUT2D eigenvalue weighted by Gasteiger charge is -2.33. The molecule has 1 N–H and O–H groups in total. The number of piperazine rings is 1. The third kappa shape index (κ3) is 4.07. The molecule has 2 aromatic rings. The van der Waals surface area contributed by atoms with E-state index in [0.29, 0.717) is 31.3 Å². The van der Waals surface area contributed by atoms with Crippen LogP contribution in [0.25, 0.3) is 0 Å². The van der Waals surface area contributed by atoms with Gasteiger partial charge in [-0.25, -0.2) is 13.4 Å². The Bertz CT molecular complexity index is 879. The van der Waals surface area contributed by atoms with Crippen LogP contribution in [-0.2, 0) is 10.0 Å². The third-order valence-electron chi connectivity index (χ3n) is 4.25. The van der Waals surface area contributed by atoms with Gasteiger partial charge in [0.15, 0.2) is 5.13 Å². The van der Waals surface area contributed by atoms with E-state index in [0.717, 1.165) is 6.54 Å². The predicted octanol–water partition coefficient (Wildman–Crippen LogP) is 2.38. The number of hydrogen-bond acceptors (Lipinski definition) is 6. The Hall–Kier alpha value is -1.52. The molecule has 1 aromatic heterocycles. The Balaban J connectivity index is 1.83. The monoisotopic (exact) mass is 414 g/mol. The molecule has 1 fully saturated rings. The predicted molar refractivity (Wildman–Crippen MR) is 102 cm³/mol. The minimum atomic E-state index is -3.67. The molecule has 0 radical (unpaired) electrons. The molecule has 26 heavy (non-hydrogen) atoms. The lowest BCUT2D eigenvalue weighted by Crippen LogP contribution is -2.48. The van der Waals surface area contributed by atoms with Crippen LogP contribution in [-0.4, -0.2) is 61.2 Å². The molecule has 0 atom stereocenters. The number of nitrogens with one attached hydrogen (secondary N) is 1. The van der Waals surface area contributed by atoms with Gasteiger partial charge in [0.05, 0.1) is 15.5 Å². The number of amides is 1. The van der Waals surface area contributed by atoms with E-state index in [-0.39, 0.29) is 15.5 Å². The number of likely N-dealkylation sites (N-methyl/N-ethyl adjacent to an activating group) is 1. The fraction of sp³-hybridized carbons (Fsp3) is 0.375. The number of rotatable bonds is 5. The maximum Gasteiger partial charge on any atom is 0.259 e. The van der Waals surface area contributed by atoms with Gasteiger partial charge in [0.2, 0.25) is 10.0 Å². The second-order valence-electron chi connectivity index (χ2n) is 5.77. The largest absolute Gasteiger partial charge is 0.301 e. The molecule has 1 amide bonds. The van der Waals surface area contributed by atoms with Crippen LogP contribution in [0.5, 0.6) is 0 Å². The molecule has 140 valence electrons. The maximum absolute atomic E-state index is 12.9. The lowest BCUT2D eigenvalue weighted by molar-refractivity contribution is 0.102. The fourth-order valence-corrected chi connectivity index (χ4v) is 4.90. The van der Waals surface area contributed by atoms with Crippen LogP contribution in [0.3, 0.4) is 0 Å². The van der Waals surface area contributed by atoms with E-state index in [1.807, 2.05) is 0 Å². The molecule has 10 heteroatoms. The number of hydrogen-bond donors (Lipinski definition) is 1. The molecule has 0 saturated carbocycles. The van der Waals surface area contributed by atoms with Gasteiger partial charge in [0.1, 0.15) is 0 Å². The Morgan fingerprint density at radius 1 is 1.31 bits per heavy atom. The minimum Gasteiger partial charge on any atom is -0.301 e. The summed E-state index contributed by atoms with van der Waals surface area (Å²) in [5.74, 6) is -0.488. The van der Waals surface area contributed by atoms with Crippen LogP contribution in [0.15, 0.2) is 34.7 Å². The molecular formula is C16H19ClN4O3S2. The van der Waals surface area contributed by atoms with Crippen molar-refractivity contribution in [2.45, 2.75) is 11.8 Å². The summed E-state index contributed by atoms with van der Waals surface area (Å²) in [5.41, 5.74) is 0.107. The Morgan fingerprint density at radius 2 is 2.04 bits per heavy atom. The number of halogens is 1. The van der Waals surface area contributed by atoms with Crippen molar-refractivity contribution >= 4 is 44.0 Å². The highest BCUT2D eigenvalue weighted by molar-refractivity contribution is 7.89. The van der Waals surface area contributed by atoms with E-state index in [2.05, 4.69) is 22.1 Å². The molecule has 0 bridgehead atoms. The van der Waals surface area contributed by atoms with Crippen molar-refractivity contribution in [1.82, 2.24) is 14.2 Å². The molecule has 2 heterocycles. The van der Waals surface area contributed by atoms with Crippen LogP contribution in [0.4, 0.5) is 5.13 Å². The highest BCUT2D eigenvalue weighted by atomic mass is 35.5. The number of aromatic nitrogens is 1. The zero-order valence-corrected chi connectivity index (χ0v) is 16.6. The molecule has 3 rings (SSSR count). The van der Waals surface area contributed by atoms with Gasteiger partial charge in [-0.05, 0) is 24.7 Å². The van der Waals surface area contributed by atoms with Crippen molar-refractivity contribution in [2.24, 2.45) is 0 Å². The molecule has 1 aliphatic heterocycles. The zero-order valence-electron chi connectivity index (χ0n) is 14.2. The van der Waals surface area contributed by atoms with Crippen LogP contribution in [0.2, 0.25) is 5.02 Å². The van der Waals surface area contributed by atoms with Crippen molar-refractivity contribution < 1.29 is 13.2 Å². The van der Waals surface area contributed by atoms with Crippen molar-refractivity contribution in [2.75, 3.05) is 38.0 Å². The van der Waals surface area contributed by atoms with E-state index in [1.165, 1.54) is 33.8 Å². The summed E-state index contributed by atoms with van der Waals surface area (Å²) in [7, 11) is -3.67. The smallest absolute Gasteiger partial charge is 0.259 e. The number of benzene rings is 1.